The molecule has 1 aromatic heterocycles. The Hall–Kier alpha value is -1.19. The molecule has 3 aromatic rings. The number of fused-ring (bicyclic) bond motifs is 1. The van der Waals surface area contributed by atoms with E-state index in [9.17, 15) is 0 Å². The molecule has 0 fully saturated rings. The van der Waals surface area contributed by atoms with Gasteiger partial charge in [0.25, 0.3) is 0 Å². The summed E-state index contributed by atoms with van der Waals surface area (Å²) in [5.41, 5.74) is 4.85. The molecule has 1 nitrogen and oxygen atoms in total. The van der Waals surface area contributed by atoms with Crippen molar-refractivity contribution in [3.05, 3.63) is 52.0 Å². The maximum Gasteiger partial charge on any atom is 0.124 e. The number of halogens is 1. The van der Waals surface area contributed by atoms with Gasteiger partial charge in [0, 0.05) is 10.0 Å². The van der Waals surface area contributed by atoms with Crippen molar-refractivity contribution in [2.75, 3.05) is 0 Å². The fourth-order valence-electron chi connectivity index (χ4n) is 2.00. The van der Waals surface area contributed by atoms with Gasteiger partial charge in [-0.3, -0.25) is 0 Å². The SMILES string of the molecule is Cc1ccc(C)c2sc(-c3cccc(Br)c3)nc12. The largest absolute Gasteiger partial charge is 0.236 e. The van der Waals surface area contributed by atoms with Gasteiger partial charge in [0.05, 0.1) is 10.2 Å². The highest BCUT2D eigenvalue weighted by Crippen LogP contribution is 2.34. The number of thiazole rings is 1. The molecule has 0 saturated carbocycles. The number of rotatable bonds is 1. The Morgan fingerprint density at radius 3 is 2.56 bits per heavy atom. The normalized spacial score (nSPS) is 11.1. The number of aryl methyl sites for hydroxylation is 2. The molecular weight excluding hydrogens is 306 g/mol. The summed E-state index contributed by atoms with van der Waals surface area (Å²) in [7, 11) is 0. The summed E-state index contributed by atoms with van der Waals surface area (Å²) in [6.45, 7) is 4.26. The maximum atomic E-state index is 4.78. The zero-order valence-electron chi connectivity index (χ0n) is 10.2. The van der Waals surface area contributed by atoms with Crippen LogP contribution in [0.5, 0.6) is 0 Å². The highest BCUT2D eigenvalue weighted by Gasteiger charge is 2.10. The first-order valence-corrected chi connectivity index (χ1v) is 7.39. The molecule has 3 heteroatoms. The van der Waals surface area contributed by atoms with Gasteiger partial charge in [-0.1, -0.05) is 40.2 Å². The zero-order valence-corrected chi connectivity index (χ0v) is 12.6. The van der Waals surface area contributed by atoms with E-state index < -0.39 is 0 Å². The summed E-state index contributed by atoms with van der Waals surface area (Å²) in [6, 6.07) is 12.6. The molecule has 0 aliphatic heterocycles. The van der Waals surface area contributed by atoms with E-state index in [-0.39, 0.29) is 0 Å². The van der Waals surface area contributed by atoms with Crippen LogP contribution in [-0.2, 0) is 0 Å². The number of hydrogen-bond donors (Lipinski definition) is 0. The lowest BCUT2D eigenvalue weighted by Crippen LogP contribution is -1.79. The summed E-state index contributed by atoms with van der Waals surface area (Å²) in [6.07, 6.45) is 0. The highest BCUT2D eigenvalue weighted by molar-refractivity contribution is 9.10. The van der Waals surface area contributed by atoms with Crippen LogP contribution in [0.2, 0.25) is 0 Å². The molecule has 90 valence electrons. The van der Waals surface area contributed by atoms with Gasteiger partial charge in [0.2, 0.25) is 0 Å². The molecule has 0 amide bonds. The van der Waals surface area contributed by atoms with Gasteiger partial charge >= 0.3 is 0 Å². The lowest BCUT2D eigenvalue weighted by atomic mass is 10.1. The monoisotopic (exact) mass is 317 g/mol. The first-order valence-electron chi connectivity index (χ1n) is 5.78. The topological polar surface area (TPSA) is 12.9 Å². The summed E-state index contributed by atoms with van der Waals surface area (Å²) < 4.78 is 2.39. The van der Waals surface area contributed by atoms with Gasteiger partial charge in [-0.25, -0.2) is 4.98 Å². The molecule has 0 spiro atoms. The van der Waals surface area contributed by atoms with Crippen LogP contribution in [0.25, 0.3) is 20.8 Å². The molecule has 1 heterocycles. The van der Waals surface area contributed by atoms with Crippen LogP contribution in [0.3, 0.4) is 0 Å². The van der Waals surface area contributed by atoms with Crippen molar-refractivity contribution < 1.29 is 0 Å². The van der Waals surface area contributed by atoms with E-state index in [1.54, 1.807) is 11.3 Å². The van der Waals surface area contributed by atoms with Crippen LogP contribution in [0, 0.1) is 13.8 Å². The molecule has 0 radical (unpaired) electrons. The van der Waals surface area contributed by atoms with Gasteiger partial charge < -0.3 is 0 Å². The second kappa shape index (κ2) is 4.48. The third-order valence-corrected chi connectivity index (χ3v) is 4.75. The molecule has 0 bridgehead atoms. The van der Waals surface area contributed by atoms with Gasteiger partial charge in [0.15, 0.2) is 0 Å². The quantitative estimate of drug-likeness (QED) is 0.590. The third kappa shape index (κ3) is 1.98. The van der Waals surface area contributed by atoms with E-state index in [4.69, 9.17) is 4.98 Å². The van der Waals surface area contributed by atoms with Gasteiger partial charge in [0.1, 0.15) is 5.01 Å². The highest BCUT2D eigenvalue weighted by atomic mass is 79.9. The van der Waals surface area contributed by atoms with Gasteiger partial charge in [-0.05, 0) is 37.1 Å². The molecule has 0 atom stereocenters. The van der Waals surface area contributed by atoms with Crippen LogP contribution in [0.4, 0.5) is 0 Å². The van der Waals surface area contributed by atoms with E-state index in [1.807, 2.05) is 12.1 Å². The summed E-state index contributed by atoms with van der Waals surface area (Å²) >= 11 is 5.28. The molecule has 0 aliphatic carbocycles. The average Bonchev–Trinajstić information content (AvgIpc) is 2.80. The number of benzene rings is 2. The average molecular weight is 318 g/mol. The van der Waals surface area contributed by atoms with Crippen LogP contribution >= 0.6 is 27.3 Å². The Morgan fingerprint density at radius 1 is 1.06 bits per heavy atom. The fourth-order valence-corrected chi connectivity index (χ4v) is 3.51. The van der Waals surface area contributed by atoms with E-state index in [2.05, 4.69) is 54.0 Å². The van der Waals surface area contributed by atoms with E-state index in [0.717, 1.165) is 15.0 Å². The molecule has 0 aliphatic rings. The Bertz CT molecular complexity index is 691. The molecule has 3 rings (SSSR count). The van der Waals surface area contributed by atoms with Crippen molar-refractivity contribution in [3.8, 4) is 10.6 Å². The van der Waals surface area contributed by atoms with E-state index in [1.165, 1.54) is 21.4 Å². The summed E-state index contributed by atoms with van der Waals surface area (Å²) in [5, 5.41) is 1.09. The number of nitrogens with zero attached hydrogens (tertiary/aromatic N) is 1. The van der Waals surface area contributed by atoms with Crippen LogP contribution in [0.1, 0.15) is 11.1 Å². The fraction of sp³-hybridized carbons (Fsp3) is 0.133. The van der Waals surface area contributed by atoms with Crippen molar-refractivity contribution in [3.63, 3.8) is 0 Å². The Balaban J connectivity index is 2.26. The summed E-state index contributed by atoms with van der Waals surface area (Å²) in [4.78, 5) is 4.78. The second-order valence-electron chi connectivity index (χ2n) is 4.41. The molecule has 2 aromatic carbocycles. The lowest BCUT2D eigenvalue weighted by molar-refractivity contribution is 1.40. The van der Waals surface area contributed by atoms with Crippen molar-refractivity contribution >= 4 is 37.5 Å². The molecular formula is C15H12BrNS. The number of hydrogen-bond acceptors (Lipinski definition) is 2. The number of aromatic nitrogens is 1. The predicted molar refractivity (Wildman–Crippen MR) is 82.2 cm³/mol. The van der Waals surface area contributed by atoms with Crippen molar-refractivity contribution in [1.29, 1.82) is 0 Å². The van der Waals surface area contributed by atoms with E-state index in [0.29, 0.717) is 0 Å². The van der Waals surface area contributed by atoms with Crippen molar-refractivity contribution in [2.24, 2.45) is 0 Å². The van der Waals surface area contributed by atoms with Gasteiger partial charge in [-0.15, -0.1) is 11.3 Å². The van der Waals surface area contributed by atoms with E-state index >= 15 is 0 Å². The first-order chi connectivity index (χ1) is 8.65. The Labute approximate surface area is 119 Å². The van der Waals surface area contributed by atoms with Crippen molar-refractivity contribution in [2.45, 2.75) is 13.8 Å². The van der Waals surface area contributed by atoms with Gasteiger partial charge in [-0.2, -0.15) is 0 Å². The van der Waals surface area contributed by atoms with Crippen LogP contribution in [0.15, 0.2) is 40.9 Å². The molecule has 0 saturated heterocycles. The first kappa shape index (κ1) is 11.9. The maximum absolute atomic E-state index is 4.78. The summed E-state index contributed by atoms with van der Waals surface area (Å²) in [5.74, 6) is 0. The predicted octanol–water partition coefficient (Wildman–Crippen LogP) is 5.34. The third-order valence-electron chi connectivity index (χ3n) is 3.01. The Kier molecular flexibility index (Phi) is 2.96. The van der Waals surface area contributed by atoms with Crippen molar-refractivity contribution in [1.82, 2.24) is 4.98 Å². The minimum absolute atomic E-state index is 1.09. The lowest BCUT2D eigenvalue weighted by Gasteiger charge is -1.96. The van der Waals surface area contributed by atoms with Crippen LogP contribution in [-0.4, -0.2) is 4.98 Å². The second-order valence-corrected chi connectivity index (χ2v) is 6.32. The minimum atomic E-state index is 1.09. The Morgan fingerprint density at radius 2 is 1.83 bits per heavy atom. The molecule has 0 N–H and O–H groups in total. The zero-order chi connectivity index (χ0) is 12.7. The standard InChI is InChI=1S/C15H12BrNS/c1-9-6-7-10(2)14-13(9)17-15(18-14)11-4-3-5-12(16)8-11/h3-8H,1-2H3. The minimum Gasteiger partial charge on any atom is -0.236 e. The molecule has 0 unspecified atom stereocenters. The molecule has 18 heavy (non-hydrogen) atoms. The smallest absolute Gasteiger partial charge is 0.124 e. The van der Waals surface area contributed by atoms with Crippen LogP contribution < -0.4 is 0 Å².